The first-order chi connectivity index (χ1) is 12.6. The molecule has 136 valence electrons. The molecule has 4 aliphatic rings. The van der Waals surface area contributed by atoms with E-state index in [0.717, 1.165) is 6.42 Å². The second-order valence-corrected chi connectivity index (χ2v) is 8.22. The van der Waals surface area contributed by atoms with Crippen LogP contribution in [0.1, 0.15) is 29.6 Å². The normalized spacial score (nSPS) is 30.9. The molecule has 3 atom stereocenters. The van der Waals surface area contributed by atoms with Crippen molar-refractivity contribution in [2.75, 3.05) is 26.2 Å². The van der Waals surface area contributed by atoms with Crippen LogP contribution in [0.2, 0.25) is 0 Å². The molecule has 1 aliphatic heterocycles. The molecule has 0 aromatic heterocycles. The van der Waals surface area contributed by atoms with Crippen LogP contribution in [-0.4, -0.2) is 47.8 Å². The van der Waals surface area contributed by atoms with Gasteiger partial charge >= 0.3 is 0 Å². The Bertz CT molecular complexity index is 793. The second kappa shape index (κ2) is 5.66. The molecule has 2 saturated carbocycles. The average Bonchev–Trinajstić information content (AvgIpc) is 3.34. The minimum Gasteiger partial charge on any atom is -0.339 e. The van der Waals surface area contributed by atoms with E-state index >= 15 is 0 Å². The number of hydrogen-bond acceptors (Lipinski definition) is 2. The highest BCUT2D eigenvalue weighted by molar-refractivity contribution is 5.94. The number of piperazine rings is 1. The van der Waals surface area contributed by atoms with Gasteiger partial charge in [-0.15, -0.1) is 0 Å². The second-order valence-electron chi connectivity index (χ2n) is 8.22. The Kier molecular flexibility index (Phi) is 3.49. The molecule has 5 heteroatoms. The first kappa shape index (κ1) is 16.0. The zero-order valence-electron chi connectivity index (χ0n) is 14.7. The summed E-state index contributed by atoms with van der Waals surface area (Å²) in [5.41, 5.74) is 0.800. The first-order valence-corrected chi connectivity index (χ1v) is 9.60. The molecule has 0 N–H and O–H groups in total. The Hall–Kier alpha value is -2.17. The number of halogens is 1. The molecule has 1 aromatic carbocycles. The van der Waals surface area contributed by atoms with Crippen molar-refractivity contribution in [2.24, 2.45) is 23.2 Å². The first-order valence-electron chi connectivity index (χ1n) is 9.60. The minimum atomic E-state index is -0.400. The number of allylic oxidation sites excluding steroid dienone is 2. The third-order valence-electron chi connectivity index (χ3n) is 6.99. The van der Waals surface area contributed by atoms with Crippen LogP contribution in [0.25, 0.3) is 0 Å². The lowest BCUT2D eigenvalue weighted by Gasteiger charge is -2.37. The molecule has 3 aliphatic carbocycles. The van der Waals surface area contributed by atoms with Crippen LogP contribution >= 0.6 is 0 Å². The van der Waals surface area contributed by atoms with E-state index in [-0.39, 0.29) is 17.7 Å². The predicted molar refractivity (Wildman–Crippen MR) is 94.8 cm³/mol. The van der Waals surface area contributed by atoms with Crippen LogP contribution in [0.15, 0.2) is 36.4 Å². The predicted octanol–water partition coefficient (Wildman–Crippen LogP) is 2.71. The molecule has 1 spiro atoms. The quantitative estimate of drug-likeness (QED) is 0.766. The fraction of sp³-hybridized carbons (Fsp3) is 0.524. The van der Waals surface area contributed by atoms with Crippen LogP contribution < -0.4 is 0 Å². The Morgan fingerprint density at radius 3 is 2.42 bits per heavy atom. The van der Waals surface area contributed by atoms with Crippen molar-refractivity contribution in [1.82, 2.24) is 9.80 Å². The van der Waals surface area contributed by atoms with Crippen molar-refractivity contribution < 1.29 is 14.0 Å². The standard InChI is InChI=1S/C21H23FN2O2/c22-16-3-1-2-14(12-16)19(25)23-8-10-24(11-9-23)20(26)17-13-15-4-5-18(17)21(15)6-7-21/h1-5,12,15,17-18H,6-11,13H2/t15-,17-,18-/m1/s1. The molecule has 2 amide bonds. The zero-order valence-corrected chi connectivity index (χ0v) is 14.7. The maximum absolute atomic E-state index is 13.3. The average molecular weight is 354 g/mol. The summed E-state index contributed by atoms with van der Waals surface area (Å²) in [6, 6.07) is 5.80. The highest BCUT2D eigenvalue weighted by Crippen LogP contribution is 2.70. The van der Waals surface area contributed by atoms with E-state index in [4.69, 9.17) is 0 Å². The smallest absolute Gasteiger partial charge is 0.254 e. The van der Waals surface area contributed by atoms with Gasteiger partial charge in [0.2, 0.25) is 5.91 Å². The third-order valence-corrected chi connectivity index (χ3v) is 6.99. The van der Waals surface area contributed by atoms with Crippen molar-refractivity contribution in [3.8, 4) is 0 Å². The van der Waals surface area contributed by atoms with Gasteiger partial charge in [0.15, 0.2) is 0 Å². The molecule has 1 saturated heterocycles. The van der Waals surface area contributed by atoms with E-state index in [9.17, 15) is 14.0 Å². The van der Waals surface area contributed by atoms with Crippen molar-refractivity contribution >= 4 is 11.8 Å². The lowest BCUT2D eigenvalue weighted by molar-refractivity contribution is -0.138. The van der Waals surface area contributed by atoms with E-state index < -0.39 is 5.82 Å². The van der Waals surface area contributed by atoms with Gasteiger partial charge < -0.3 is 9.80 Å². The number of carbonyl (C=O) groups excluding carboxylic acids is 2. The van der Waals surface area contributed by atoms with Gasteiger partial charge in [0.05, 0.1) is 0 Å². The molecule has 1 heterocycles. The summed E-state index contributed by atoms with van der Waals surface area (Å²) in [6.07, 6.45) is 8.16. The largest absolute Gasteiger partial charge is 0.339 e. The van der Waals surface area contributed by atoms with E-state index in [0.29, 0.717) is 49.0 Å². The van der Waals surface area contributed by atoms with Crippen LogP contribution in [0.4, 0.5) is 4.39 Å². The minimum absolute atomic E-state index is 0.137. The SMILES string of the molecule is O=C(c1cccc(F)c1)N1CCN(C(=O)[C@@H]2C[C@H]3C=C[C@H]2C32CC2)CC1. The highest BCUT2D eigenvalue weighted by Gasteiger charge is 2.64. The van der Waals surface area contributed by atoms with Gasteiger partial charge in [-0.2, -0.15) is 0 Å². The summed E-state index contributed by atoms with van der Waals surface area (Å²) >= 11 is 0. The fourth-order valence-corrected chi connectivity index (χ4v) is 5.42. The van der Waals surface area contributed by atoms with Gasteiger partial charge in [-0.05, 0) is 54.7 Å². The van der Waals surface area contributed by atoms with Gasteiger partial charge in [-0.1, -0.05) is 18.2 Å². The maximum Gasteiger partial charge on any atom is 0.254 e. The van der Waals surface area contributed by atoms with Crippen molar-refractivity contribution in [3.05, 3.63) is 47.8 Å². The summed E-state index contributed by atoms with van der Waals surface area (Å²) in [6.45, 7) is 2.18. The molecule has 4 nitrogen and oxygen atoms in total. The summed E-state index contributed by atoms with van der Waals surface area (Å²) in [7, 11) is 0. The molecule has 0 unspecified atom stereocenters. The number of rotatable bonds is 2. The number of hydrogen-bond donors (Lipinski definition) is 0. The van der Waals surface area contributed by atoms with Gasteiger partial charge in [0, 0.05) is 37.7 Å². The van der Waals surface area contributed by atoms with E-state index in [2.05, 4.69) is 12.2 Å². The maximum atomic E-state index is 13.3. The lowest BCUT2D eigenvalue weighted by atomic mass is 9.88. The molecule has 5 rings (SSSR count). The number of nitrogens with zero attached hydrogens (tertiary/aromatic N) is 2. The molecule has 26 heavy (non-hydrogen) atoms. The Morgan fingerprint density at radius 1 is 1.04 bits per heavy atom. The number of amides is 2. The summed E-state index contributed by atoms with van der Waals surface area (Å²) in [4.78, 5) is 29.2. The molecule has 0 radical (unpaired) electrons. The van der Waals surface area contributed by atoms with Gasteiger partial charge in [-0.25, -0.2) is 4.39 Å². The van der Waals surface area contributed by atoms with Crippen LogP contribution in [0.3, 0.4) is 0 Å². The van der Waals surface area contributed by atoms with Crippen LogP contribution in [0.5, 0.6) is 0 Å². The van der Waals surface area contributed by atoms with Crippen molar-refractivity contribution in [1.29, 1.82) is 0 Å². The van der Waals surface area contributed by atoms with Gasteiger partial charge in [0.25, 0.3) is 5.91 Å². The van der Waals surface area contributed by atoms with Crippen LogP contribution in [0, 0.1) is 29.0 Å². The summed E-state index contributed by atoms with van der Waals surface area (Å²) in [5.74, 6) is 0.896. The van der Waals surface area contributed by atoms with Gasteiger partial charge in [0.1, 0.15) is 5.82 Å². The zero-order chi connectivity index (χ0) is 17.9. The fourth-order valence-electron chi connectivity index (χ4n) is 5.42. The number of benzene rings is 1. The molecule has 1 aromatic rings. The molecule has 3 fully saturated rings. The monoisotopic (exact) mass is 354 g/mol. The van der Waals surface area contributed by atoms with Gasteiger partial charge in [-0.3, -0.25) is 9.59 Å². The Balaban J connectivity index is 1.22. The molecular formula is C21H23FN2O2. The summed E-state index contributed by atoms with van der Waals surface area (Å²) in [5, 5.41) is 0. The molecular weight excluding hydrogens is 331 g/mol. The Morgan fingerprint density at radius 2 is 1.77 bits per heavy atom. The third kappa shape index (κ3) is 2.32. The lowest BCUT2D eigenvalue weighted by Crippen LogP contribution is -2.52. The van der Waals surface area contributed by atoms with Crippen molar-refractivity contribution in [2.45, 2.75) is 19.3 Å². The Labute approximate surface area is 152 Å². The van der Waals surface area contributed by atoms with E-state index in [1.165, 1.54) is 25.0 Å². The highest BCUT2D eigenvalue weighted by atomic mass is 19.1. The topological polar surface area (TPSA) is 40.6 Å². The molecule has 2 bridgehead atoms. The number of carbonyl (C=O) groups is 2. The van der Waals surface area contributed by atoms with E-state index in [1.807, 2.05) is 4.90 Å². The van der Waals surface area contributed by atoms with E-state index in [1.54, 1.807) is 17.0 Å². The van der Waals surface area contributed by atoms with Crippen LogP contribution in [-0.2, 0) is 4.79 Å². The van der Waals surface area contributed by atoms with Crippen molar-refractivity contribution in [3.63, 3.8) is 0 Å². The summed E-state index contributed by atoms with van der Waals surface area (Å²) < 4.78 is 13.3.